The number of rotatable bonds is 7. The zero-order chi connectivity index (χ0) is 25.3. The molecule has 0 aliphatic carbocycles. The molecule has 10 heteroatoms. The molecule has 2 aromatic carbocycles. The largest absolute Gasteiger partial charge is 0.480 e. The highest BCUT2D eigenvalue weighted by Gasteiger charge is 2.37. The molecule has 0 aliphatic heterocycles. The number of nitrogens with two attached hydrogens (primary N) is 1. The first-order valence-electron chi connectivity index (χ1n) is 11.5. The van der Waals surface area contributed by atoms with Crippen LogP contribution in [-0.4, -0.2) is 42.3 Å². The van der Waals surface area contributed by atoms with Crippen molar-refractivity contribution in [3.63, 3.8) is 0 Å². The summed E-state index contributed by atoms with van der Waals surface area (Å²) in [5.41, 5.74) is 9.13. The molecule has 3 heterocycles. The van der Waals surface area contributed by atoms with E-state index in [4.69, 9.17) is 15.5 Å². The maximum absolute atomic E-state index is 13.1. The Morgan fingerprint density at radius 1 is 1.06 bits per heavy atom. The average molecular weight is 483 g/mol. The zero-order valence-electron chi connectivity index (χ0n) is 20.2. The van der Waals surface area contributed by atoms with Gasteiger partial charge in [0.15, 0.2) is 5.65 Å². The fraction of sp³-hybridized carbons (Fsp3) is 0.192. The molecule has 5 aromatic rings. The minimum Gasteiger partial charge on any atom is -0.480 e. The number of benzene rings is 2. The number of aromatic nitrogens is 6. The molecule has 0 aliphatic rings. The molecule has 0 unspecified atom stereocenters. The van der Waals surface area contributed by atoms with Gasteiger partial charge in [0, 0.05) is 13.6 Å². The fourth-order valence-electron chi connectivity index (χ4n) is 4.27. The molecule has 10 nitrogen and oxygen atoms in total. The number of nitrogens with zero attached hydrogens (tertiary/aromatic N) is 6. The Kier molecular flexibility index (Phi) is 5.95. The first-order valence-corrected chi connectivity index (χ1v) is 11.5. The summed E-state index contributed by atoms with van der Waals surface area (Å²) in [6, 6.07) is 21.3. The van der Waals surface area contributed by atoms with Crippen LogP contribution < -0.4 is 15.8 Å². The quantitative estimate of drug-likeness (QED) is 0.365. The summed E-state index contributed by atoms with van der Waals surface area (Å²) < 4.78 is 8.93. The first kappa shape index (κ1) is 23.2. The SMILES string of the molecule is CCn1cnc(NC(=O)c2cc3c(nc2OC)nc(C(N)(c2ccccc2)c2ccccc2)n3C)n1. The van der Waals surface area contributed by atoms with E-state index < -0.39 is 11.4 Å². The van der Waals surface area contributed by atoms with Crippen molar-refractivity contribution in [3.05, 3.63) is 95.6 Å². The molecule has 3 N–H and O–H groups in total. The minimum atomic E-state index is -1.06. The molecule has 36 heavy (non-hydrogen) atoms. The van der Waals surface area contributed by atoms with Crippen LogP contribution in [0.2, 0.25) is 0 Å². The van der Waals surface area contributed by atoms with E-state index in [1.165, 1.54) is 7.11 Å². The van der Waals surface area contributed by atoms with Gasteiger partial charge in [-0.15, -0.1) is 5.10 Å². The summed E-state index contributed by atoms with van der Waals surface area (Å²) in [5.74, 6) is 0.471. The van der Waals surface area contributed by atoms with Crippen LogP contribution in [0.4, 0.5) is 5.95 Å². The number of carbonyl (C=O) groups excluding carboxylic acids is 1. The van der Waals surface area contributed by atoms with Crippen LogP contribution >= 0.6 is 0 Å². The first-order chi connectivity index (χ1) is 17.5. The summed E-state index contributed by atoms with van der Waals surface area (Å²) in [4.78, 5) is 26.6. The number of fused-ring (bicyclic) bond motifs is 1. The molecular weight excluding hydrogens is 456 g/mol. The number of ether oxygens (including phenoxy) is 1. The van der Waals surface area contributed by atoms with E-state index in [0.717, 1.165) is 11.1 Å². The lowest BCUT2D eigenvalue weighted by Crippen LogP contribution is -2.41. The van der Waals surface area contributed by atoms with Crippen LogP contribution in [-0.2, 0) is 19.1 Å². The Labute approximate surface area is 207 Å². The predicted molar refractivity (Wildman–Crippen MR) is 136 cm³/mol. The molecule has 0 spiro atoms. The van der Waals surface area contributed by atoms with E-state index in [9.17, 15) is 4.79 Å². The minimum absolute atomic E-state index is 0.140. The number of amides is 1. The van der Waals surface area contributed by atoms with Gasteiger partial charge < -0.3 is 15.0 Å². The van der Waals surface area contributed by atoms with Crippen LogP contribution in [0.5, 0.6) is 5.88 Å². The number of hydrogen-bond donors (Lipinski definition) is 2. The van der Waals surface area contributed by atoms with Gasteiger partial charge in [-0.1, -0.05) is 60.7 Å². The predicted octanol–water partition coefficient (Wildman–Crippen LogP) is 3.09. The molecule has 0 bridgehead atoms. The van der Waals surface area contributed by atoms with Gasteiger partial charge in [0.05, 0.1) is 12.6 Å². The number of carbonyl (C=O) groups is 1. The van der Waals surface area contributed by atoms with Crippen LogP contribution in [0.15, 0.2) is 73.1 Å². The third-order valence-corrected chi connectivity index (χ3v) is 6.17. The third kappa shape index (κ3) is 3.87. The molecule has 182 valence electrons. The van der Waals surface area contributed by atoms with E-state index in [0.29, 0.717) is 23.5 Å². The van der Waals surface area contributed by atoms with Gasteiger partial charge in [-0.3, -0.25) is 14.8 Å². The monoisotopic (exact) mass is 482 g/mol. The number of aryl methyl sites for hydroxylation is 2. The normalized spacial score (nSPS) is 11.6. The topological polar surface area (TPSA) is 126 Å². The molecule has 3 aromatic heterocycles. The molecule has 0 radical (unpaired) electrons. The smallest absolute Gasteiger partial charge is 0.263 e. The Morgan fingerprint density at radius 3 is 2.25 bits per heavy atom. The molecular formula is C26H26N8O2. The average Bonchev–Trinajstić information content (AvgIpc) is 3.52. The van der Waals surface area contributed by atoms with Crippen molar-refractivity contribution in [2.45, 2.75) is 19.0 Å². The van der Waals surface area contributed by atoms with Gasteiger partial charge in [0.25, 0.3) is 5.91 Å². The molecule has 0 saturated carbocycles. The maximum atomic E-state index is 13.1. The zero-order valence-corrected chi connectivity index (χ0v) is 20.2. The van der Waals surface area contributed by atoms with E-state index in [-0.39, 0.29) is 17.4 Å². The maximum Gasteiger partial charge on any atom is 0.263 e. The fourth-order valence-corrected chi connectivity index (χ4v) is 4.27. The summed E-state index contributed by atoms with van der Waals surface area (Å²) in [5, 5.41) is 6.92. The second kappa shape index (κ2) is 9.23. The summed E-state index contributed by atoms with van der Waals surface area (Å²) >= 11 is 0. The highest BCUT2D eigenvalue weighted by atomic mass is 16.5. The lowest BCUT2D eigenvalue weighted by atomic mass is 9.83. The van der Waals surface area contributed by atoms with Crippen molar-refractivity contribution >= 4 is 23.0 Å². The van der Waals surface area contributed by atoms with Gasteiger partial charge in [-0.25, -0.2) is 9.97 Å². The Morgan fingerprint density at radius 2 is 1.69 bits per heavy atom. The third-order valence-electron chi connectivity index (χ3n) is 6.17. The van der Waals surface area contributed by atoms with Gasteiger partial charge in [0.1, 0.15) is 23.3 Å². The van der Waals surface area contributed by atoms with E-state index >= 15 is 0 Å². The van der Waals surface area contributed by atoms with Crippen LogP contribution in [0.1, 0.15) is 34.2 Å². The summed E-state index contributed by atoms with van der Waals surface area (Å²) in [6.07, 6.45) is 1.55. The lowest BCUT2D eigenvalue weighted by molar-refractivity contribution is 0.102. The molecule has 1 amide bonds. The Hall–Kier alpha value is -4.57. The van der Waals surface area contributed by atoms with E-state index in [1.54, 1.807) is 17.1 Å². The van der Waals surface area contributed by atoms with Crippen molar-refractivity contribution in [1.82, 2.24) is 29.3 Å². The standard InChI is InChI=1S/C26H26N8O2/c1-4-34-16-28-25(32-34)31-22(35)19-15-20-21(29-23(19)36-3)30-24(33(20)2)26(27,17-11-7-5-8-12-17)18-13-9-6-10-14-18/h5-16H,4,27H2,1-3H3,(H,31,32,35). The van der Waals surface area contributed by atoms with Crippen LogP contribution in [0, 0.1) is 0 Å². The number of imidazole rings is 1. The number of hydrogen-bond acceptors (Lipinski definition) is 7. The number of methoxy groups -OCH3 is 1. The van der Waals surface area contributed by atoms with Gasteiger partial charge >= 0.3 is 0 Å². The second-order valence-corrected chi connectivity index (χ2v) is 8.30. The van der Waals surface area contributed by atoms with Crippen LogP contribution in [0.25, 0.3) is 11.2 Å². The van der Waals surface area contributed by atoms with Gasteiger partial charge in [-0.2, -0.15) is 4.98 Å². The highest BCUT2D eigenvalue weighted by Crippen LogP contribution is 2.35. The Balaban J connectivity index is 1.64. The van der Waals surface area contributed by atoms with Crippen molar-refractivity contribution in [2.24, 2.45) is 12.8 Å². The number of pyridine rings is 1. The number of anilines is 1. The Bertz CT molecular complexity index is 1490. The molecule has 0 atom stereocenters. The highest BCUT2D eigenvalue weighted by molar-refractivity contribution is 6.06. The summed E-state index contributed by atoms with van der Waals surface area (Å²) in [6.45, 7) is 2.57. The molecule has 5 rings (SSSR count). The van der Waals surface area contributed by atoms with Gasteiger partial charge in [-0.05, 0) is 24.1 Å². The second-order valence-electron chi connectivity index (χ2n) is 8.30. The van der Waals surface area contributed by atoms with Crippen LogP contribution in [0.3, 0.4) is 0 Å². The van der Waals surface area contributed by atoms with Crippen molar-refractivity contribution in [2.75, 3.05) is 12.4 Å². The van der Waals surface area contributed by atoms with Crippen molar-refractivity contribution in [3.8, 4) is 5.88 Å². The van der Waals surface area contributed by atoms with Gasteiger partial charge in [0.2, 0.25) is 11.8 Å². The molecule has 0 fully saturated rings. The lowest BCUT2D eigenvalue weighted by Gasteiger charge is -2.30. The van der Waals surface area contributed by atoms with E-state index in [2.05, 4.69) is 20.4 Å². The molecule has 0 saturated heterocycles. The van der Waals surface area contributed by atoms with Crippen molar-refractivity contribution < 1.29 is 9.53 Å². The number of nitrogens with one attached hydrogen (secondary N) is 1. The summed E-state index contributed by atoms with van der Waals surface area (Å²) in [7, 11) is 3.32. The van der Waals surface area contributed by atoms with E-state index in [1.807, 2.05) is 79.2 Å². The van der Waals surface area contributed by atoms with Crippen molar-refractivity contribution in [1.29, 1.82) is 0 Å².